The highest BCUT2D eigenvalue weighted by Gasteiger charge is 2.16. The summed E-state index contributed by atoms with van der Waals surface area (Å²) in [6.07, 6.45) is 1.86. The van der Waals surface area contributed by atoms with E-state index in [1.54, 1.807) is 19.9 Å². The summed E-state index contributed by atoms with van der Waals surface area (Å²) in [7, 11) is -3.03. The van der Waals surface area contributed by atoms with Crippen LogP contribution in [0.2, 0.25) is 0 Å². The van der Waals surface area contributed by atoms with Gasteiger partial charge in [-0.3, -0.25) is 0 Å². The fourth-order valence-corrected chi connectivity index (χ4v) is 2.85. The third-order valence-corrected chi connectivity index (χ3v) is 5.42. The van der Waals surface area contributed by atoms with Crippen LogP contribution in [0.15, 0.2) is 30.5 Å². The Morgan fingerprint density at radius 3 is 2.68 bits per heavy atom. The lowest BCUT2D eigenvalue weighted by Crippen LogP contribution is -2.20. The number of fused-ring (bicyclic) bond motifs is 1. The molecule has 0 N–H and O–H groups in total. The molecule has 0 saturated carbocycles. The van der Waals surface area contributed by atoms with Crippen molar-refractivity contribution in [1.29, 1.82) is 5.26 Å². The standard InChI is InChI=1S/C14H16N2O2S/c1-11(2)19(17,18)8-7-16-6-5-13-9-12(10-15)3-4-14(13)16/h3-6,9,11H,7-8H2,1-2H3. The zero-order valence-electron chi connectivity index (χ0n) is 11.0. The van der Waals surface area contributed by atoms with Crippen LogP contribution in [-0.2, 0) is 16.4 Å². The second-order valence-corrected chi connectivity index (χ2v) is 7.49. The lowest BCUT2D eigenvalue weighted by Gasteiger charge is -2.09. The SMILES string of the molecule is CC(C)S(=O)(=O)CCn1ccc2cc(C#N)ccc21. The Morgan fingerprint density at radius 1 is 1.32 bits per heavy atom. The van der Waals surface area contributed by atoms with Crippen LogP contribution in [0.5, 0.6) is 0 Å². The third kappa shape index (κ3) is 2.79. The largest absolute Gasteiger partial charge is 0.346 e. The molecule has 19 heavy (non-hydrogen) atoms. The van der Waals surface area contributed by atoms with E-state index in [1.165, 1.54) is 0 Å². The number of nitrogens with zero attached hydrogens (tertiary/aromatic N) is 2. The van der Waals surface area contributed by atoms with Crippen LogP contribution in [-0.4, -0.2) is 24.0 Å². The normalized spacial score (nSPS) is 11.9. The summed E-state index contributed by atoms with van der Waals surface area (Å²) < 4.78 is 25.5. The first-order chi connectivity index (χ1) is 8.94. The Hall–Kier alpha value is -1.80. The molecule has 4 nitrogen and oxygen atoms in total. The molecule has 0 amide bonds. The summed E-state index contributed by atoms with van der Waals surface area (Å²) in [5, 5.41) is 9.45. The minimum absolute atomic E-state index is 0.133. The summed E-state index contributed by atoms with van der Waals surface area (Å²) in [6, 6.07) is 9.41. The molecule has 0 aliphatic rings. The highest BCUT2D eigenvalue weighted by atomic mass is 32.2. The van der Waals surface area contributed by atoms with Crippen molar-refractivity contribution in [1.82, 2.24) is 4.57 Å². The number of aromatic nitrogens is 1. The average molecular weight is 276 g/mol. The molecule has 0 bridgehead atoms. The van der Waals surface area contributed by atoms with Gasteiger partial charge in [0, 0.05) is 23.6 Å². The first-order valence-corrected chi connectivity index (χ1v) is 7.86. The van der Waals surface area contributed by atoms with Crippen molar-refractivity contribution in [3.63, 3.8) is 0 Å². The smallest absolute Gasteiger partial charge is 0.154 e. The van der Waals surface area contributed by atoms with Gasteiger partial charge < -0.3 is 4.57 Å². The Labute approximate surface area is 113 Å². The molecule has 0 aliphatic carbocycles. The van der Waals surface area contributed by atoms with Gasteiger partial charge in [0.2, 0.25) is 0 Å². The van der Waals surface area contributed by atoms with E-state index < -0.39 is 9.84 Å². The lowest BCUT2D eigenvalue weighted by molar-refractivity contribution is 0.581. The number of aryl methyl sites for hydroxylation is 1. The van der Waals surface area contributed by atoms with Gasteiger partial charge >= 0.3 is 0 Å². The van der Waals surface area contributed by atoms with Crippen LogP contribution in [0.4, 0.5) is 0 Å². The van der Waals surface area contributed by atoms with Gasteiger partial charge in [-0.2, -0.15) is 5.26 Å². The quantitative estimate of drug-likeness (QED) is 0.861. The van der Waals surface area contributed by atoms with Crippen LogP contribution >= 0.6 is 0 Å². The third-order valence-electron chi connectivity index (χ3n) is 3.24. The second kappa shape index (κ2) is 5.06. The van der Waals surface area contributed by atoms with E-state index in [1.807, 2.05) is 29.0 Å². The molecule has 1 heterocycles. The van der Waals surface area contributed by atoms with Crippen LogP contribution in [0.25, 0.3) is 10.9 Å². The number of sulfone groups is 1. The molecule has 2 rings (SSSR count). The molecule has 0 spiro atoms. The molecule has 2 aromatic rings. The number of nitriles is 1. The van der Waals surface area contributed by atoms with Crippen molar-refractivity contribution in [2.24, 2.45) is 0 Å². The zero-order valence-corrected chi connectivity index (χ0v) is 11.8. The molecule has 0 radical (unpaired) electrons. The van der Waals surface area contributed by atoms with Gasteiger partial charge in [0.1, 0.15) is 0 Å². The molecule has 0 fully saturated rings. The van der Waals surface area contributed by atoms with Crippen molar-refractivity contribution in [2.45, 2.75) is 25.6 Å². The summed E-state index contributed by atoms with van der Waals surface area (Å²) in [4.78, 5) is 0. The van der Waals surface area contributed by atoms with E-state index in [0.29, 0.717) is 12.1 Å². The van der Waals surface area contributed by atoms with Crippen molar-refractivity contribution in [3.05, 3.63) is 36.0 Å². The molecule has 0 aliphatic heterocycles. The lowest BCUT2D eigenvalue weighted by atomic mass is 10.2. The summed E-state index contributed by atoms with van der Waals surface area (Å²) >= 11 is 0. The number of rotatable bonds is 4. The first kappa shape index (κ1) is 13.6. The molecular weight excluding hydrogens is 260 g/mol. The Kier molecular flexibility index (Phi) is 3.63. The molecule has 0 atom stereocenters. The topological polar surface area (TPSA) is 62.9 Å². The highest BCUT2D eigenvalue weighted by Crippen LogP contribution is 2.17. The van der Waals surface area contributed by atoms with Gasteiger partial charge in [-0.05, 0) is 38.1 Å². The van der Waals surface area contributed by atoms with Gasteiger partial charge in [0.25, 0.3) is 0 Å². The van der Waals surface area contributed by atoms with Gasteiger partial charge in [0.05, 0.1) is 22.6 Å². The Morgan fingerprint density at radius 2 is 2.05 bits per heavy atom. The van der Waals surface area contributed by atoms with Gasteiger partial charge in [-0.1, -0.05) is 0 Å². The van der Waals surface area contributed by atoms with Gasteiger partial charge in [-0.15, -0.1) is 0 Å². The highest BCUT2D eigenvalue weighted by molar-refractivity contribution is 7.91. The van der Waals surface area contributed by atoms with E-state index in [0.717, 1.165) is 10.9 Å². The van der Waals surface area contributed by atoms with Crippen molar-refractivity contribution in [3.8, 4) is 6.07 Å². The molecule has 0 saturated heterocycles. The number of hydrogen-bond donors (Lipinski definition) is 0. The zero-order chi connectivity index (χ0) is 14.0. The van der Waals surface area contributed by atoms with E-state index >= 15 is 0 Å². The fraction of sp³-hybridized carbons (Fsp3) is 0.357. The molecule has 0 unspecified atom stereocenters. The fourth-order valence-electron chi connectivity index (χ4n) is 1.93. The predicted octanol–water partition coefficient (Wildman–Crippen LogP) is 2.34. The average Bonchev–Trinajstić information content (AvgIpc) is 2.78. The van der Waals surface area contributed by atoms with Gasteiger partial charge in [-0.25, -0.2) is 8.42 Å². The summed E-state index contributed by atoms with van der Waals surface area (Å²) in [6.45, 7) is 3.83. The summed E-state index contributed by atoms with van der Waals surface area (Å²) in [5.74, 6) is 0.133. The molecule has 5 heteroatoms. The summed E-state index contributed by atoms with van der Waals surface area (Å²) in [5.41, 5.74) is 1.57. The Bertz CT molecular complexity index is 736. The molecule has 100 valence electrons. The van der Waals surface area contributed by atoms with Crippen LogP contribution in [0.1, 0.15) is 19.4 Å². The number of hydrogen-bond acceptors (Lipinski definition) is 3. The Balaban J connectivity index is 2.26. The maximum absolute atomic E-state index is 11.8. The maximum Gasteiger partial charge on any atom is 0.154 e. The van der Waals surface area contributed by atoms with Crippen LogP contribution in [0, 0.1) is 11.3 Å². The van der Waals surface area contributed by atoms with Gasteiger partial charge in [0.15, 0.2) is 9.84 Å². The second-order valence-electron chi connectivity index (χ2n) is 4.81. The minimum atomic E-state index is -3.03. The van der Waals surface area contributed by atoms with Crippen molar-refractivity contribution in [2.75, 3.05) is 5.75 Å². The van der Waals surface area contributed by atoms with Crippen molar-refractivity contribution < 1.29 is 8.42 Å². The predicted molar refractivity (Wildman–Crippen MR) is 75.6 cm³/mol. The first-order valence-electron chi connectivity index (χ1n) is 6.14. The monoisotopic (exact) mass is 276 g/mol. The number of benzene rings is 1. The minimum Gasteiger partial charge on any atom is -0.346 e. The van der Waals surface area contributed by atoms with Crippen LogP contribution in [0.3, 0.4) is 0 Å². The maximum atomic E-state index is 11.8. The van der Waals surface area contributed by atoms with E-state index in [-0.39, 0.29) is 11.0 Å². The van der Waals surface area contributed by atoms with Crippen LogP contribution < -0.4 is 0 Å². The van der Waals surface area contributed by atoms with Crippen molar-refractivity contribution >= 4 is 20.7 Å². The van der Waals surface area contributed by atoms with E-state index in [2.05, 4.69) is 6.07 Å². The molecule has 1 aromatic heterocycles. The van der Waals surface area contributed by atoms with E-state index in [4.69, 9.17) is 5.26 Å². The van der Waals surface area contributed by atoms with E-state index in [9.17, 15) is 8.42 Å². The molecular formula is C14H16N2O2S. The molecule has 1 aromatic carbocycles.